The molecule has 2 aliphatic heterocycles. The number of nitrogens with one attached hydrogen (secondary N) is 1. The Morgan fingerprint density at radius 2 is 2.07 bits per heavy atom. The number of ether oxygens (including phenoxy) is 2. The second-order valence-electron chi connectivity index (χ2n) is 7.86. The van der Waals surface area contributed by atoms with Crippen molar-refractivity contribution >= 4 is 16.8 Å². The van der Waals surface area contributed by atoms with Crippen LogP contribution in [0.1, 0.15) is 29.6 Å². The van der Waals surface area contributed by atoms with E-state index in [1.165, 1.54) is 0 Å². The molecular weight excluding hydrogens is 352 g/mol. The van der Waals surface area contributed by atoms with Crippen molar-refractivity contribution in [2.24, 2.45) is 0 Å². The first-order chi connectivity index (χ1) is 13.7. The van der Waals surface area contributed by atoms with Crippen molar-refractivity contribution in [1.82, 2.24) is 9.88 Å². The van der Waals surface area contributed by atoms with Gasteiger partial charge in [-0.2, -0.15) is 0 Å². The van der Waals surface area contributed by atoms with E-state index in [0.29, 0.717) is 13.2 Å². The summed E-state index contributed by atoms with van der Waals surface area (Å²) in [6.07, 6.45) is 4.68. The van der Waals surface area contributed by atoms with E-state index in [9.17, 15) is 4.79 Å². The number of nitrogens with zero attached hydrogens (tertiary/aromatic N) is 1. The van der Waals surface area contributed by atoms with Gasteiger partial charge in [-0.1, -0.05) is 18.2 Å². The van der Waals surface area contributed by atoms with Crippen LogP contribution in [0.15, 0.2) is 60.8 Å². The average molecular weight is 376 g/mol. The monoisotopic (exact) mass is 376 g/mol. The molecule has 5 heteroatoms. The molecule has 5 nitrogen and oxygen atoms in total. The smallest absolute Gasteiger partial charge is 0.253 e. The number of piperidine rings is 1. The van der Waals surface area contributed by atoms with Crippen LogP contribution in [0.5, 0.6) is 5.75 Å². The van der Waals surface area contributed by atoms with Gasteiger partial charge in [0.2, 0.25) is 0 Å². The molecule has 1 spiro atoms. The maximum absolute atomic E-state index is 13.1. The number of fused-ring (bicyclic) bond motifs is 1. The number of hydrogen-bond donors (Lipinski definition) is 1. The van der Waals surface area contributed by atoms with E-state index < -0.39 is 0 Å². The van der Waals surface area contributed by atoms with Crippen molar-refractivity contribution in [2.75, 3.05) is 19.7 Å². The van der Waals surface area contributed by atoms with Crippen LogP contribution < -0.4 is 4.74 Å². The summed E-state index contributed by atoms with van der Waals surface area (Å²) in [5.41, 5.74) is 1.50. The standard InChI is InChI=1S/C23H24N2O3/c26-22(18-7-8-21-17(13-18)9-11-24-21)25-12-4-10-23(16-25)14-20(15-27-23)28-19-5-2-1-3-6-19/h1-3,5-9,11,13,20,24H,4,10,12,14-16H2. The van der Waals surface area contributed by atoms with E-state index in [1.54, 1.807) is 0 Å². The number of H-pyrrole nitrogens is 1. The summed E-state index contributed by atoms with van der Waals surface area (Å²) in [6.45, 7) is 1.98. The Hall–Kier alpha value is -2.79. The first-order valence-corrected chi connectivity index (χ1v) is 9.93. The van der Waals surface area contributed by atoms with E-state index in [2.05, 4.69) is 4.98 Å². The number of hydrogen-bond acceptors (Lipinski definition) is 3. The third-order valence-corrected chi connectivity index (χ3v) is 5.85. The minimum absolute atomic E-state index is 0.0358. The van der Waals surface area contributed by atoms with Gasteiger partial charge in [-0.15, -0.1) is 0 Å². The summed E-state index contributed by atoms with van der Waals surface area (Å²) >= 11 is 0. The molecule has 2 aliphatic rings. The highest BCUT2D eigenvalue weighted by molar-refractivity contribution is 5.98. The van der Waals surface area contributed by atoms with Crippen LogP contribution in [0, 0.1) is 0 Å². The van der Waals surface area contributed by atoms with Gasteiger partial charge in [0, 0.05) is 35.6 Å². The van der Waals surface area contributed by atoms with Crippen LogP contribution in [0.25, 0.3) is 10.9 Å². The summed E-state index contributed by atoms with van der Waals surface area (Å²) in [5.74, 6) is 0.954. The largest absolute Gasteiger partial charge is 0.488 e. The van der Waals surface area contributed by atoms with Gasteiger partial charge in [-0.25, -0.2) is 0 Å². The quantitative estimate of drug-likeness (QED) is 0.751. The van der Waals surface area contributed by atoms with Crippen LogP contribution in [0.2, 0.25) is 0 Å². The zero-order valence-corrected chi connectivity index (χ0v) is 15.8. The summed E-state index contributed by atoms with van der Waals surface area (Å²) in [6, 6.07) is 17.7. The lowest BCUT2D eigenvalue weighted by Crippen LogP contribution is -2.50. The van der Waals surface area contributed by atoms with Crippen LogP contribution in [-0.4, -0.2) is 47.2 Å². The molecule has 1 N–H and O–H groups in total. The van der Waals surface area contributed by atoms with E-state index in [-0.39, 0.29) is 17.6 Å². The van der Waals surface area contributed by atoms with E-state index >= 15 is 0 Å². The van der Waals surface area contributed by atoms with Crippen LogP contribution in [-0.2, 0) is 4.74 Å². The maximum atomic E-state index is 13.1. The SMILES string of the molecule is O=C(c1ccc2[nH]ccc2c1)N1CCCC2(CC(Oc3ccccc3)CO2)C1. The molecular formula is C23H24N2O3. The van der Waals surface area contributed by atoms with Gasteiger partial charge in [-0.3, -0.25) is 4.79 Å². The Labute approximate surface area is 164 Å². The molecule has 28 heavy (non-hydrogen) atoms. The molecule has 0 saturated carbocycles. The fourth-order valence-electron chi connectivity index (χ4n) is 4.49. The molecule has 0 aliphatic carbocycles. The average Bonchev–Trinajstić information content (AvgIpc) is 3.35. The molecule has 2 unspecified atom stereocenters. The van der Waals surface area contributed by atoms with Crippen molar-refractivity contribution in [3.8, 4) is 5.75 Å². The Kier molecular flexibility index (Phi) is 4.32. The van der Waals surface area contributed by atoms with E-state index in [4.69, 9.17) is 9.47 Å². The highest BCUT2D eigenvalue weighted by atomic mass is 16.6. The van der Waals surface area contributed by atoms with Crippen LogP contribution in [0.4, 0.5) is 0 Å². The number of carbonyl (C=O) groups excluding carboxylic acids is 1. The molecule has 2 aromatic carbocycles. The molecule has 3 aromatic rings. The molecule has 144 valence electrons. The minimum atomic E-state index is -0.286. The Bertz CT molecular complexity index is 984. The van der Waals surface area contributed by atoms with Crippen molar-refractivity contribution in [1.29, 1.82) is 0 Å². The van der Waals surface area contributed by atoms with Crippen molar-refractivity contribution in [3.63, 3.8) is 0 Å². The lowest BCUT2D eigenvalue weighted by molar-refractivity contribution is -0.0453. The molecule has 2 fully saturated rings. The van der Waals surface area contributed by atoms with Gasteiger partial charge in [-0.05, 0) is 49.2 Å². The first kappa shape index (κ1) is 17.3. The fraction of sp³-hybridized carbons (Fsp3) is 0.348. The van der Waals surface area contributed by atoms with Crippen molar-refractivity contribution < 1.29 is 14.3 Å². The molecule has 0 radical (unpaired) electrons. The number of aromatic amines is 1. The predicted molar refractivity (Wildman–Crippen MR) is 108 cm³/mol. The first-order valence-electron chi connectivity index (χ1n) is 9.93. The van der Waals surface area contributed by atoms with Crippen LogP contribution >= 0.6 is 0 Å². The Morgan fingerprint density at radius 3 is 2.96 bits per heavy atom. The summed E-state index contributed by atoms with van der Waals surface area (Å²) < 4.78 is 12.3. The summed E-state index contributed by atoms with van der Waals surface area (Å²) in [7, 11) is 0. The number of likely N-dealkylation sites (tertiary alicyclic amines) is 1. The van der Waals surface area contributed by atoms with Gasteiger partial charge >= 0.3 is 0 Å². The summed E-state index contributed by atoms with van der Waals surface area (Å²) in [5, 5.41) is 1.06. The third-order valence-electron chi connectivity index (χ3n) is 5.85. The molecule has 3 heterocycles. The predicted octanol–water partition coefficient (Wildman–Crippen LogP) is 4.01. The zero-order valence-electron chi connectivity index (χ0n) is 15.8. The number of aromatic nitrogens is 1. The molecule has 1 aromatic heterocycles. The van der Waals surface area contributed by atoms with E-state index in [1.807, 2.05) is 65.7 Å². The minimum Gasteiger partial charge on any atom is -0.488 e. The van der Waals surface area contributed by atoms with Gasteiger partial charge in [0.1, 0.15) is 11.9 Å². The van der Waals surface area contributed by atoms with Gasteiger partial charge in [0.15, 0.2) is 0 Å². The molecule has 2 atom stereocenters. The van der Waals surface area contributed by atoms with Gasteiger partial charge in [0.05, 0.1) is 18.8 Å². The van der Waals surface area contributed by atoms with Crippen molar-refractivity contribution in [3.05, 3.63) is 66.4 Å². The molecule has 1 amide bonds. The number of amides is 1. The number of carbonyl (C=O) groups is 1. The third kappa shape index (κ3) is 3.27. The molecule has 5 rings (SSSR count). The van der Waals surface area contributed by atoms with E-state index in [0.717, 1.165) is 48.0 Å². The second kappa shape index (κ2) is 6.99. The summed E-state index contributed by atoms with van der Waals surface area (Å²) in [4.78, 5) is 18.2. The van der Waals surface area contributed by atoms with Crippen molar-refractivity contribution in [2.45, 2.75) is 31.0 Å². The topological polar surface area (TPSA) is 54.6 Å². The molecule has 2 saturated heterocycles. The lowest BCUT2D eigenvalue weighted by atomic mass is 9.89. The Balaban J connectivity index is 1.28. The highest BCUT2D eigenvalue weighted by Crippen LogP contribution is 2.36. The lowest BCUT2D eigenvalue weighted by Gasteiger charge is -2.39. The zero-order chi connectivity index (χ0) is 19.0. The van der Waals surface area contributed by atoms with Gasteiger partial charge < -0.3 is 19.4 Å². The highest BCUT2D eigenvalue weighted by Gasteiger charge is 2.45. The Morgan fingerprint density at radius 1 is 1.18 bits per heavy atom. The normalized spacial score (nSPS) is 24.7. The number of benzene rings is 2. The van der Waals surface area contributed by atoms with Gasteiger partial charge in [0.25, 0.3) is 5.91 Å². The fourth-order valence-corrected chi connectivity index (χ4v) is 4.49. The number of para-hydroxylation sites is 1. The number of rotatable bonds is 3. The second-order valence-corrected chi connectivity index (χ2v) is 7.86. The molecule has 0 bridgehead atoms. The maximum Gasteiger partial charge on any atom is 0.253 e. The van der Waals surface area contributed by atoms with Crippen LogP contribution in [0.3, 0.4) is 0 Å².